The van der Waals surface area contributed by atoms with Gasteiger partial charge in [-0.3, -0.25) is 4.98 Å². The third-order valence-corrected chi connectivity index (χ3v) is 8.86. The summed E-state index contributed by atoms with van der Waals surface area (Å²) in [6.07, 6.45) is 4.47. The van der Waals surface area contributed by atoms with E-state index in [4.69, 9.17) is 9.72 Å². The average Bonchev–Trinajstić information content (AvgIpc) is 3.54. The molecule has 0 saturated heterocycles. The highest BCUT2D eigenvalue weighted by atomic mass is 19.4. The van der Waals surface area contributed by atoms with E-state index in [9.17, 15) is 18.3 Å². The number of aliphatic hydroxyl groups is 1. The summed E-state index contributed by atoms with van der Waals surface area (Å²) in [5.74, 6) is 0.341. The lowest BCUT2D eigenvalue weighted by Gasteiger charge is -2.38. The van der Waals surface area contributed by atoms with Crippen molar-refractivity contribution in [3.8, 4) is 0 Å². The van der Waals surface area contributed by atoms with Crippen LogP contribution in [-0.2, 0) is 22.9 Å². The van der Waals surface area contributed by atoms with E-state index in [1.807, 2.05) is 0 Å². The summed E-state index contributed by atoms with van der Waals surface area (Å²) in [4.78, 5) is 5.28. The highest BCUT2D eigenvalue weighted by molar-refractivity contribution is 5.55. The van der Waals surface area contributed by atoms with E-state index in [1.165, 1.54) is 12.8 Å². The Kier molecular flexibility index (Phi) is 6.31. The number of rotatable bonds is 2. The van der Waals surface area contributed by atoms with E-state index in [0.717, 1.165) is 90.7 Å². The van der Waals surface area contributed by atoms with Gasteiger partial charge in [-0.05, 0) is 67.2 Å². The predicted molar refractivity (Wildman–Crippen MR) is 134 cm³/mol. The summed E-state index contributed by atoms with van der Waals surface area (Å²) >= 11 is 0. The zero-order chi connectivity index (χ0) is 24.6. The zero-order valence-electron chi connectivity index (χ0n) is 20.5. The van der Waals surface area contributed by atoms with Crippen molar-refractivity contribution in [3.63, 3.8) is 0 Å². The van der Waals surface area contributed by atoms with Crippen molar-refractivity contribution >= 4 is 0 Å². The number of hydrogen-bond acceptors (Lipinski definition) is 3. The van der Waals surface area contributed by atoms with Crippen LogP contribution in [0.2, 0.25) is 0 Å². The maximum Gasteiger partial charge on any atom is 0.416 e. The van der Waals surface area contributed by atoms with Crippen LogP contribution in [0.3, 0.4) is 0 Å². The van der Waals surface area contributed by atoms with Gasteiger partial charge in [-0.25, -0.2) is 0 Å². The first-order valence-electron chi connectivity index (χ1n) is 13.2. The van der Waals surface area contributed by atoms with Gasteiger partial charge in [0.15, 0.2) is 0 Å². The van der Waals surface area contributed by atoms with Crippen molar-refractivity contribution in [3.05, 3.63) is 63.5 Å². The molecule has 0 radical (unpaired) electrons. The summed E-state index contributed by atoms with van der Waals surface area (Å²) in [5, 5.41) is 11.4. The van der Waals surface area contributed by atoms with Gasteiger partial charge in [0, 0.05) is 22.7 Å². The Morgan fingerprint density at radius 2 is 1.61 bits per heavy atom. The van der Waals surface area contributed by atoms with Crippen molar-refractivity contribution in [2.75, 3.05) is 0 Å². The third-order valence-electron chi connectivity index (χ3n) is 8.86. The minimum atomic E-state index is -4.37. The summed E-state index contributed by atoms with van der Waals surface area (Å²) < 4.78 is 46.7. The fourth-order valence-electron chi connectivity index (χ4n) is 7.33. The van der Waals surface area contributed by atoms with Crippen LogP contribution < -0.4 is 0 Å². The fraction of sp³-hybridized carbons (Fsp3) is 0.633. The van der Waals surface area contributed by atoms with Crippen LogP contribution in [0.5, 0.6) is 0 Å². The summed E-state index contributed by atoms with van der Waals surface area (Å²) in [7, 11) is 0. The molecule has 2 fully saturated rings. The Hall–Kier alpha value is -1.92. The smallest absolute Gasteiger partial charge is 0.388 e. The lowest BCUT2D eigenvalue weighted by Crippen LogP contribution is -2.32. The number of fused-ring (bicyclic) bond motifs is 4. The van der Waals surface area contributed by atoms with Crippen molar-refractivity contribution < 1.29 is 23.0 Å². The molecular weight excluding hydrogens is 463 g/mol. The number of nitrogens with zero attached hydrogens (tertiary/aromatic N) is 1. The number of hydrogen-bond donors (Lipinski definition) is 1. The van der Waals surface area contributed by atoms with Crippen molar-refractivity contribution in [2.24, 2.45) is 5.41 Å². The Morgan fingerprint density at radius 1 is 0.972 bits per heavy atom. The molecule has 0 amide bonds. The van der Waals surface area contributed by atoms with Gasteiger partial charge < -0.3 is 9.84 Å². The van der Waals surface area contributed by atoms with Gasteiger partial charge in [0.05, 0.1) is 23.0 Å². The zero-order valence-corrected chi connectivity index (χ0v) is 20.5. The largest absolute Gasteiger partial charge is 0.416 e. The van der Waals surface area contributed by atoms with E-state index in [0.29, 0.717) is 12.3 Å². The molecule has 1 aromatic heterocycles. The molecular formula is C30H38F3NO2. The number of aliphatic hydroxyl groups excluding tert-OH is 1. The molecule has 4 aliphatic rings. The number of benzene rings is 1. The van der Waals surface area contributed by atoms with Gasteiger partial charge >= 0.3 is 6.18 Å². The fourth-order valence-corrected chi connectivity index (χ4v) is 7.33. The second-order valence-corrected chi connectivity index (χ2v) is 12.0. The third kappa shape index (κ3) is 4.09. The first-order chi connectivity index (χ1) is 16.6. The van der Waals surface area contributed by atoms with Gasteiger partial charge in [-0.15, -0.1) is 0 Å². The molecule has 1 aliphatic heterocycles. The molecule has 3 nitrogen and oxygen atoms in total. The molecule has 36 heavy (non-hydrogen) atoms. The van der Waals surface area contributed by atoms with Crippen LogP contribution in [0.4, 0.5) is 13.2 Å². The maximum atomic E-state index is 13.3. The number of halogens is 3. The van der Waals surface area contributed by atoms with Crippen molar-refractivity contribution in [1.29, 1.82) is 0 Å². The SMILES string of the molecule is C.CC1(C)Cc2nc(C3CCCC3)c3c(c2[C@@H](O)C1)C1(CCCC1)O[C@@H]3c1ccc(C(F)(F)F)cc1. The lowest BCUT2D eigenvalue weighted by molar-refractivity contribution is -0.137. The number of pyridine rings is 1. The average molecular weight is 502 g/mol. The first kappa shape index (κ1) is 25.7. The molecule has 2 saturated carbocycles. The van der Waals surface area contributed by atoms with Crippen LogP contribution >= 0.6 is 0 Å². The van der Waals surface area contributed by atoms with Crippen LogP contribution in [0.25, 0.3) is 0 Å². The van der Waals surface area contributed by atoms with Crippen LogP contribution in [0.1, 0.15) is 136 Å². The Bertz CT molecular complexity index is 1130. The van der Waals surface area contributed by atoms with E-state index in [-0.39, 0.29) is 12.8 Å². The summed E-state index contributed by atoms with van der Waals surface area (Å²) in [5.41, 5.74) is 4.82. The van der Waals surface area contributed by atoms with Crippen LogP contribution in [-0.4, -0.2) is 10.1 Å². The molecule has 196 valence electrons. The molecule has 2 heterocycles. The molecule has 0 bridgehead atoms. The Balaban J connectivity index is 0.00000267. The molecule has 3 aliphatic carbocycles. The van der Waals surface area contributed by atoms with Crippen molar-refractivity contribution in [1.82, 2.24) is 4.98 Å². The molecule has 2 aromatic rings. The molecule has 1 N–H and O–H groups in total. The molecule has 1 spiro atoms. The van der Waals surface area contributed by atoms with Gasteiger partial charge in [-0.1, -0.05) is 59.1 Å². The highest BCUT2D eigenvalue weighted by Crippen LogP contribution is 2.60. The van der Waals surface area contributed by atoms with Gasteiger partial charge in [0.2, 0.25) is 0 Å². The quantitative estimate of drug-likeness (QED) is 0.450. The van der Waals surface area contributed by atoms with Gasteiger partial charge in [-0.2, -0.15) is 13.2 Å². The first-order valence-corrected chi connectivity index (χ1v) is 13.2. The second-order valence-electron chi connectivity index (χ2n) is 12.0. The number of alkyl halides is 3. The standard InChI is InChI=1S/C29H34F3NO2.CH4/c1-27(2)15-20-22(21(34)16-27)24-23(25(33-20)17-7-3-4-8-17)26(35-28(24)13-5-6-14-28)18-9-11-19(12-10-18)29(30,31)32;/h9-12,17,21,26,34H,3-8,13-16H2,1-2H3;1H4/t21-,26+;/m0./s1. The van der Waals surface area contributed by atoms with E-state index >= 15 is 0 Å². The molecule has 6 rings (SSSR count). The molecule has 6 heteroatoms. The minimum Gasteiger partial charge on any atom is -0.388 e. The lowest BCUT2D eigenvalue weighted by atomic mass is 9.70. The minimum absolute atomic E-state index is 0. The van der Waals surface area contributed by atoms with Crippen molar-refractivity contribution in [2.45, 2.75) is 115 Å². The molecule has 0 unspecified atom stereocenters. The maximum absolute atomic E-state index is 13.3. The summed E-state index contributed by atoms with van der Waals surface area (Å²) in [6, 6.07) is 5.47. The van der Waals surface area contributed by atoms with E-state index in [1.54, 1.807) is 12.1 Å². The Morgan fingerprint density at radius 3 is 2.22 bits per heavy atom. The van der Waals surface area contributed by atoms with E-state index in [2.05, 4.69) is 13.8 Å². The van der Waals surface area contributed by atoms with Gasteiger partial charge in [0.1, 0.15) is 6.10 Å². The normalized spacial score (nSPS) is 26.6. The number of aromatic nitrogens is 1. The van der Waals surface area contributed by atoms with Crippen LogP contribution in [0, 0.1) is 5.41 Å². The number of ether oxygens (including phenoxy) is 1. The highest BCUT2D eigenvalue weighted by Gasteiger charge is 2.53. The molecule has 2 atom stereocenters. The Labute approximate surface area is 212 Å². The monoisotopic (exact) mass is 501 g/mol. The van der Waals surface area contributed by atoms with Crippen LogP contribution in [0.15, 0.2) is 24.3 Å². The summed E-state index contributed by atoms with van der Waals surface area (Å²) in [6.45, 7) is 4.38. The van der Waals surface area contributed by atoms with Gasteiger partial charge in [0.25, 0.3) is 0 Å². The topological polar surface area (TPSA) is 42.4 Å². The molecule has 1 aromatic carbocycles. The second kappa shape index (κ2) is 8.83. The predicted octanol–water partition coefficient (Wildman–Crippen LogP) is 8.29. The van der Waals surface area contributed by atoms with E-state index < -0.39 is 29.5 Å².